The van der Waals surface area contributed by atoms with Crippen LogP contribution in [0.5, 0.6) is 0 Å². The Morgan fingerprint density at radius 2 is 0.600 bits per heavy atom. The molecule has 0 N–H and O–H groups in total. The van der Waals surface area contributed by atoms with E-state index in [4.69, 9.17) is 0 Å². The summed E-state index contributed by atoms with van der Waals surface area (Å²) in [5, 5.41) is 3.96. The maximum atomic E-state index is 11.5. The molecule has 0 aliphatic heterocycles. The smallest absolute Gasteiger partial charge is 0.744 e. The number of rotatable bonds is 34. The summed E-state index contributed by atoms with van der Waals surface area (Å²) < 4.78 is 69.2. The van der Waals surface area contributed by atoms with Crippen LogP contribution < -0.4 is 0 Å². The number of aryl methyl sites for hydroxylation is 4. The summed E-state index contributed by atoms with van der Waals surface area (Å²) >= 11 is 0. The standard InChI is InChI=1S/2C28H44O3S.Pb/c2*1-3-5-7-9-11-13-15-17-24-21-25(18-16-14-12-10-8-6-4-2)28-20-19-27(32(29,30)31)23-26(28)22-24;/h2*19-23H,3-18H2,1-2H3,(H,29,30,31);/q;;+2/p-2. The van der Waals surface area contributed by atoms with E-state index in [0.29, 0.717) is 0 Å². The van der Waals surface area contributed by atoms with Gasteiger partial charge in [0.15, 0.2) is 0 Å². The van der Waals surface area contributed by atoms with Crippen molar-refractivity contribution in [3.8, 4) is 0 Å². The summed E-state index contributed by atoms with van der Waals surface area (Å²) in [6, 6.07) is 18.6. The molecular weight excluding hydrogens is 1040 g/mol. The number of hydrogen-bond donors (Lipinski definition) is 0. The Morgan fingerprint density at radius 1 is 0.338 bits per heavy atom. The molecule has 0 aromatic heterocycles. The quantitative estimate of drug-likeness (QED) is 0.0261. The minimum absolute atomic E-state index is 0. The topological polar surface area (TPSA) is 114 Å². The zero-order valence-electron chi connectivity index (χ0n) is 41.2. The summed E-state index contributed by atoms with van der Waals surface area (Å²) in [5.74, 6) is 0. The van der Waals surface area contributed by atoms with E-state index in [1.165, 1.54) is 188 Å². The van der Waals surface area contributed by atoms with Crippen molar-refractivity contribution in [2.45, 2.75) is 243 Å². The predicted octanol–water partition coefficient (Wildman–Crippen LogP) is 16.3. The number of fused-ring (bicyclic) bond motifs is 2. The van der Waals surface area contributed by atoms with Gasteiger partial charge in [-0.15, -0.1) is 0 Å². The van der Waals surface area contributed by atoms with Crippen molar-refractivity contribution < 1.29 is 25.9 Å². The third-order valence-electron chi connectivity index (χ3n) is 13.0. The molecule has 0 spiro atoms. The van der Waals surface area contributed by atoms with Crippen LogP contribution in [-0.2, 0) is 45.9 Å². The molecule has 0 saturated heterocycles. The molecule has 4 aromatic carbocycles. The van der Waals surface area contributed by atoms with E-state index in [-0.39, 0.29) is 37.1 Å². The molecule has 6 nitrogen and oxygen atoms in total. The fourth-order valence-electron chi connectivity index (χ4n) is 9.12. The molecule has 2 radical (unpaired) electrons. The van der Waals surface area contributed by atoms with E-state index in [1.54, 1.807) is 12.1 Å². The van der Waals surface area contributed by atoms with Gasteiger partial charge in [0.05, 0.1) is 9.79 Å². The van der Waals surface area contributed by atoms with Gasteiger partial charge >= 0.3 is 27.3 Å². The third-order valence-corrected chi connectivity index (χ3v) is 14.6. The van der Waals surface area contributed by atoms with Crippen molar-refractivity contribution in [3.05, 3.63) is 82.9 Å². The second kappa shape index (κ2) is 34.4. The average Bonchev–Trinajstić information content (AvgIpc) is 3.27. The Morgan fingerprint density at radius 3 is 0.877 bits per heavy atom. The van der Waals surface area contributed by atoms with E-state index in [0.717, 1.165) is 72.9 Å². The summed E-state index contributed by atoms with van der Waals surface area (Å²) in [6.07, 6.45) is 39.8. The fraction of sp³-hybridized carbons (Fsp3) is 0.643. The normalized spacial score (nSPS) is 11.8. The van der Waals surface area contributed by atoms with Gasteiger partial charge < -0.3 is 9.11 Å². The number of unbranched alkanes of at least 4 members (excludes halogenated alkanes) is 24. The first-order valence-electron chi connectivity index (χ1n) is 25.9. The van der Waals surface area contributed by atoms with Crippen molar-refractivity contribution in [3.63, 3.8) is 0 Å². The SMILES string of the molecule is CCCCCCCCCc1cc(CCCCCCCCC)c2ccc(S(=O)(=O)[O-])cc2c1.CCCCCCCCCc1cc(CCCCCCCCC)c2ccc(S(=O)(=O)[O-])cc2c1.[Pb+2]. The first-order valence-corrected chi connectivity index (χ1v) is 28.8. The van der Waals surface area contributed by atoms with E-state index < -0.39 is 20.2 Å². The molecule has 0 saturated carbocycles. The zero-order valence-corrected chi connectivity index (χ0v) is 46.7. The molecule has 0 aliphatic carbocycles. The van der Waals surface area contributed by atoms with Crippen LogP contribution in [0.15, 0.2) is 70.5 Å². The first-order chi connectivity index (χ1) is 30.9. The van der Waals surface area contributed by atoms with Crippen molar-refractivity contribution in [1.82, 2.24) is 0 Å². The van der Waals surface area contributed by atoms with E-state index in [9.17, 15) is 25.9 Å². The van der Waals surface area contributed by atoms with E-state index in [1.807, 2.05) is 12.1 Å². The Balaban J connectivity index is 0.000000440. The average molecular weight is 1130 g/mol. The minimum Gasteiger partial charge on any atom is -0.744 e. The molecule has 0 heterocycles. The van der Waals surface area contributed by atoms with Gasteiger partial charge in [-0.2, -0.15) is 0 Å². The van der Waals surface area contributed by atoms with Crippen molar-refractivity contribution in [2.75, 3.05) is 0 Å². The summed E-state index contributed by atoms with van der Waals surface area (Å²) in [7, 11) is -8.87. The molecule has 0 amide bonds. The van der Waals surface area contributed by atoms with Crippen molar-refractivity contribution >= 4 is 69.1 Å². The molecule has 0 unspecified atom stereocenters. The third kappa shape index (κ3) is 24.3. The Hall–Kier alpha value is -1.86. The maximum Gasteiger partial charge on any atom is 2.00 e. The van der Waals surface area contributed by atoms with Gasteiger partial charge in [-0.3, -0.25) is 0 Å². The molecule has 0 fully saturated rings. The largest absolute Gasteiger partial charge is 2.00 e. The summed E-state index contributed by atoms with van der Waals surface area (Å²) in [5.41, 5.74) is 5.13. The van der Waals surface area contributed by atoms with Crippen LogP contribution in [0.1, 0.15) is 230 Å². The van der Waals surface area contributed by atoms with Crippen LogP contribution in [0.2, 0.25) is 0 Å². The van der Waals surface area contributed by atoms with Gasteiger partial charge in [0, 0.05) is 0 Å². The van der Waals surface area contributed by atoms with Crippen molar-refractivity contribution in [2.24, 2.45) is 0 Å². The van der Waals surface area contributed by atoms with Crippen LogP contribution in [0.25, 0.3) is 21.5 Å². The molecule has 4 rings (SSSR count). The van der Waals surface area contributed by atoms with Crippen LogP contribution in [0.3, 0.4) is 0 Å². The summed E-state index contributed by atoms with van der Waals surface area (Å²) in [6.45, 7) is 8.97. The molecule has 0 atom stereocenters. The monoisotopic (exact) mass is 1130 g/mol. The number of benzene rings is 4. The molecule has 9 heteroatoms. The fourth-order valence-corrected chi connectivity index (χ4v) is 10.1. The second-order valence-corrected chi connectivity index (χ2v) is 21.4. The Labute approximate surface area is 418 Å². The molecule has 0 bridgehead atoms. The molecule has 0 aliphatic rings. The van der Waals surface area contributed by atoms with Gasteiger partial charge in [0.25, 0.3) is 0 Å². The second-order valence-electron chi connectivity index (χ2n) is 18.7. The van der Waals surface area contributed by atoms with Crippen LogP contribution in [0, 0.1) is 0 Å². The first kappa shape index (κ1) is 59.3. The predicted molar refractivity (Wildman–Crippen MR) is 276 cm³/mol. The van der Waals surface area contributed by atoms with Crippen molar-refractivity contribution in [1.29, 1.82) is 0 Å². The van der Waals surface area contributed by atoms with Gasteiger partial charge in [-0.1, -0.05) is 218 Å². The molecule has 65 heavy (non-hydrogen) atoms. The van der Waals surface area contributed by atoms with Crippen LogP contribution >= 0.6 is 0 Å². The number of hydrogen-bond acceptors (Lipinski definition) is 6. The Bertz CT molecular complexity index is 1960. The van der Waals surface area contributed by atoms with Gasteiger partial charge in [-0.05, 0) is 119 Å². The molecular formula is C56H86O6PbS2. The van der Waals surface area contributed by atoms with Crippen LogP contribution in [0.4, 0.5) is 0 Å². The van der Waals surface area contributed by atoms with E-state index >= 15 is 0 Å². The minimum atomic E-state index is -4.43. The maximum absolute atomic E-state index is 11.5. The molecule has 4 aromatic rings. The van der Waals surface area contributed by atoms with Gasteiger partial charge in [0.1, 0.15) is 20.2 Å². The van der Waals surface area contributed by atoms with E-state index in [2.05, 4.69) is 52.0 Å². The Kier molecular flexibility index (Phi) is 31.4. The zero-order chi connectivity index (χ0) is 46.5. The van der Waals surface area contributed by atoms with Crippen LogP contribution in [-0.4, -0.2) is 53.2 Å². The molecule has 362 valence electrons. The summed E-state index contributed by atoms with van der Waals surface area (Å²) in [4.78, 5) is -0.250. The van der Waals surface area contributed by atoms with Gasteiger partial charge in [-0.25, -0.2) is 16.8 Å². The van der Waals surface area contributed by atoms with Gasteiger partial charge in [0.2, 0.25) is 0 Å².